The van der Waals surface area contributed by atoms with Gasteiger partial charge in [0, 0.05) is 5.56 Å². The van der Waals surface area contributed by atoms with Gasteiger partial charge in [-0.15, -0.1) is 5.10 Å². The molecule has 0 radical (unpaired) electrons. The summed E-state index contributed by atoms with van der Waals surface area (Å²) in [6.45, 7) is 0. The Balaban J connectivity index is 2.16. The number of hydrogen-bond donors (Lipinski definition) is 1. The van der Waals surface area contributed by atoms with Crippen molar-refractivity contribution in [3.8, 4) is 27.4 Å². The van der Waals surface area contributed by atoms with Crippen molar-refractivity contribution < 1.29 is 5.11 Å². The SMILES string of the molecule is Oc1ccccc1-c1nnsc1-c1ccccc1. The molecule has 0 saturated carbocycles. The fourth-order valence-electron chi connectivity index (χ4n) is 1.82. The minimum absolute atomic E-state index is 0.224. The maximum absolute atomic E-state index is 9.89. The van der Waals surface area contributed by atoms with E-state index in [4.69, 9.17) is 0 Å². The van der Waals surface area contributed by atoms with Crippen LogP contribution in [0.3, 0.4) is 0 Å². The second kappa shape index (κ2) is 4.58. The maximum atomic E-state index is 9.89. The molecule has 18 heavy (non-hydrogen) atoms. The Morgan fingerprint density at radius 1 is 0.889 bits per heavy atom. The van der Waals surface area contributed by atoms with Crippen LogP contribution in [0.15, 0.2) is 54.6 Å². The lowest BCUT2D eigenvalue weighted by molar-refractivity contribution is 0.477. The van der Waals surface area contributed by atoms with Crippen LogP contribution in [0.1, 0.15) is 0 Å². The lowest BCUT2D eigenvalue weighted by atomic mass is 10.1. The minimum Gasteiger partial charge on any atom is -0.507 e. The molecule has 0 aliphatic rings. The number of rotatable bonds is 2. The van der Waals surface area contributed by atoms with Crippen LogP contribution < -0.4 is 0 Å². The number of para-hydroxylation sites is 1. The van der Waals surface area contributed by atoms with E-state index in [1.54, 1.807) is 12.1 Å². The Morgan fingerprint density at radius 2 is 1.61 bits per heavy atom. The second-order valence-electron chi connectivity index (χ2n) is 3.83. The van der Waals surface area contributed by atoms with Crippen LogP contribution in [0, 0.1) is 0 Å². The van der Waals surface area contributed by atoms with Crippen molar-refractivity contribution in [2.24, 2.45) is 0 Å². The molecular formula is C14H10N2OS. The van der Waals surface area contributed by atoms with E-state index >= 15 is 0 Å². The molecule has 1 N–H and O–H groups in total. The summed E-state index contributed by atoms with van der Waals surface area (Å²) in [4.78, 5) is 0.970. The van der Waals surface area contributed by atoms with Crippen LogP contribution in [0.2, 0.25) is 0 Å². The number of aromatic nitrogens is 2. The first-order valence-corrected chi connectivity index (χ1v) is 6.30. The van der Waals surface area contributed by atoms with Gasteiger partial charge >= 0.3 is 0 Å². The third-order valence-corrected chi connectivity index (χ3v) is 3.46. The van der Waals surface area contributed by atoms with E-state index in [0.29, 0.717) is 5.56 Å². The molecule has 3 nitrogen and oxygen atoms in total. The first-order valence-electron chi connectivity index (χ1n) is 5.52. The van der Waals surface area contributed by atoms with E-state index in [2.05, 4.69) is 9.59 Å². The first-order chi connectivity index (χ1) is 8.86. The molecule has 1 aromatic heterocycles. The van der Waals surface area contributed by atoms with Gasteiger partial charge in [0.2, 0.25) is 0 Å². The van der Waals surface area contributed by atoms with Crippen molar-refractivity contribution in [1.82, 2.24) is 9.59 Å². The van der Waals surface area contributed by atoms with Crippen LogP contribution in [0.4, 0.5) is 0 Å². The molecule has 3 aromatic rings. The molecular weight excluding hydrogens is 244 g/mol. The van der Waals surface area contributed by atoms with Gasteiger partial charge in [-0.1, -0.05) is 47.0 Å². The largest absolute Gasteiger partial charge is 0.507 e. The number of aromatic hydroxyl groups is 1. The number of phenolic OH excluding ortho intramolecular Hbond substituents is 1. The summed E-state index contributed by atoms with van der Waals surface area (Å²) in [5, 5.41) is 14.0. The van der Waals surface area contributed by atoms with E-state index in [1.165, 1.54) is 11.5 Å². The van der Waals surface area contributed by atoms with Crippen LogP contribution in [0.5, 0.6) is 5.75 Å². The lowest BCUT2D eigenvalue weighted by Crippen LogP contribution is -1.82. The van der Waals surface area contributed by atoms with Gasteiger partial charge in [-0.25, -0.2) is 0 Å². The van der Waals surface area contributed by atoms with Crippen LogP contribution >= 0.6 is 11.5 Å². The Bertz CT molecular complexity index is 664. The summed E-state index contributed by atoms with van der Waals surface area (Å²) < 4.78 is 4.00. The van der Waals surface area contributed by atoms with Gasteiger partial charge in [0.05, 0.1) is 4.88 Å². The first kappa shape index (κ1) is 10.9. The fraction of sp³-hybridized carbons (Fsp3) is 0. The summed E-state index contributed by atoms with van der Waals surface area (Å²) in [5.74, 6) is 0.224. The van der Waals surface area contributed by atoms with E-state index in [-0.39, 0.29) is 5.75 Å². The van der Waals surface area contributed by atoms with Crippen molar-refractivity contribution in [1.29, 1.82) is 0 Å². The van der Waals surface area contributed by atoms with Gasteiger partial charge in [0.15, 0.2) is 0 Å². The molecule has 0 aliphatic carbocycles. The summed E-state index contributed by atoms with van der Waals surface area (Å²) in [6, 6.07) is 17.1. The number of hydrogen-bond acceptors (Lipinski definition) is 4. The lowest BCUT2D eigenvalue weighted by Gasteiger charge is -2.03. The highest BCUT2D eigenvalue weighted by molar-refractivity contribution is 7.09. The van der Waals surface area contributed by atoms with Gasteiger partial charge in [-0.05, 0) is 29.2 Å². The average molecular weight is 254 g/mol. The smallest absolute Gasteiger partial charge is 0.125 e. The predicted octanol–water partition coefficient (Wildman–Crippen LogP) is 3.58. The molecule has 0 fully saturated rings. The Labute approximate surface area is 109 Å². The van der Waals surface area contributed by atoms with Crippen molar-refractivity contribution in [3.05, 3.63) is 54.6 Å². The zero-order valence-electron chi connectivity index (χ0n) is 9.45. The molecule has 0 spiro atoms. The molecule has 0 atom stereocenters. The Morgan fingerprint density at radius 3 is 2.39 bits per heavy atom. The van der Waals surface area contributed by atoms with Crippen LogP contribution in [-0.2, 0) is 0 Å². The summed E-state index contributed by atoms with van der Waals surface area (Å²) in [5.41, 5.74) is 2.50. The molecule has 1 heterocycles. The van der Waals surface area contributed by atoms with Crippen molar-refractivity contribution in [2.45, 2.75) is 0 Å². The number of nitrogens with zero attached hydrogens (tertiary/aromatic N) is 2. The van der Waals surface area contributed by atoms with Crippen molar-refractivity contribution >= 4 is 11.5 Å². The van der Waals surface area contributed by atoms with E-state index in [9.17, 15) is 5.11 Å². The zero-order chi connectivity index (χ0) is 12.4. The predicted molar refractivity (Wildman–Crippen MR) is 72.4 cm³/mol. The number of benzene rings is 2. The number of phenols is 1. The average Bonchev–Trinajstić information content (AvgIpc) is 2.89. The van der Waals surface area contributed by atoms with Gasteiger partial charge < -0.3 is 5.11 Å². The Hall–Kier alpha value is -2.20. The van der Waals surface area contributed by atoms with Gasteiger partial charge in [0.1, 0.15) is 11.4 Å². The second-order valence-corrected chi connectivity index (χ2v) is 4.59. The van der Waals surface area contributed by atoms with Gasteiger partial charge in [-0.3, -0.25) is 0 Å². The highest BCUT2D eigenvalue weighted by atomic mass is 32.1. The molecule has 2 aromatic carbocycles. The van der Waals surface area contributed by atoms with Crippen LogP contribution in [0.25, 0.3) is 21.7 Å². The monoisotopic (exact) mass is 254 g/mol. The summed E-state index contributed by atoms with van der Waals surface area (Å²) >= 11 is 1.33. The molecule has 0 saturated heterocycles. The molecule has 0 amide bonds. The summed E-state index contributed by atoms with van der Waals surface area (Å²) in [6.07, 6.45) is 0. The highest BCUT2D eigenvalue weighted by Crippen LogP contribution is 2.36. The summed E-state index contributed by atoms with van der Waals surface area (Å²) in [7, 11) is 0. The zero-order valence-corrected chi connectivity index (χ0v) is 10.3. The normalized spacial score (nSPS) is 10.4. The standard InChI is InChI=1S/C14H10N2OS/c17-12-9-5-4-8-11(12)13-14(18-16-15-13)10-6-2-1-3-7-10/h1-9,17H. The topological polar surface area (TPSA) is 46.0 Å². The van der Waals surface area contributed by atoms with Crippen molar-refractivity contribution in [3.63, 3.8) is 0 Å². The molecule has 3 rings (SSSR count). The Kier molecular flexibility index (Phi) is 2.78. The third-order valence-electron chi connectivity index (χ3n) is 2.68. The molecule has 0 bridgehead atoms. The third kappa shape index (κ3) is 1.87. The van der Waals surface area contributed by atoms with E-state index < -0.39 is 0 Å². The molecule has 0 unspecified atom stereocenters. The highest BCUT2D eigenvalue weighted by Gasteiger charge is 2.14. The molecule has 0 aliphatic heterocycles. The van der Waals surface area contributed by atoms with E-state index in [1.807, 2.05) is 42.5 Å². The van der Waals surface area contributed by atoms with Crippen molar-refractivity contribution in [2.75, 3.05) is 0 Å². The molecule has 88 valence electrons. The maximum Gasteiger partial charge on any atom is 0.125 e. The van der Waals surface area contributed by atoms with Gasteiger partial charge in [0.25, 0.3) is 0 Å². The quantitative estimate of drug-likeness (QED) is 0.760. The fourth-order valence-corrected chi connectivity index (χ4v) is 2.50. The van der Waals surface area contributed by atoms with E-state index in [0.717, 1.165) is 16.1 Å². The molecule has 4 heteroatoms. The van der Waals surface area contributed by atoms with Crippen LogP contribution in [-0.4, -0.2) is 14.7 Å². The van der Waals surface area contributed by atoms with Gasteiger partial charge in [-0.2, -0.15) is 0 Å². The minimum atomic E-state index is 0.224.